The summed E-state index contributed by atoms with van der Waals surface area (Å²) < 4.78 is 2.14. The van der Waals surface area contributed by atoms with Crippen molar-refractivity contribution in [3.63, 3.8) is 0 Å². The standard InChI is InChI=1S/C15H21N3S/c1-18-9-5-8-13(18)14-10-17-15(19-14)11-16-12-6-3-2-4-7-12/h5,8-10,12,16H,2-4,6-7,11H2,1H3. The van der Waals surface area contributed by atoms with Crippen molar-refractivity contribution in [1.82, 2.24) is 14.9 Å². The monoisotopic (exact) mass is 275 g/mol. The van der Waals surface area contributed by atoms with Crippen LogP contribution >= 0.6 is 11.3 Å². The molecular formula is C15H21N3S. The Hall–Kier alpha value is -1.13. The lowest BCUT2D eigenvalue weighted by molar-refractivity contribution is 0.372. The maximum absolute atomic E-state index is 4.54. The maximum Gasteiger partial charge on any atom is 0.107 e. The summed E-state index contributed by atoms with van der Waals surface area (Å²) in [6.07, 6.45) is 10.9. The number of aromatic nitrogens is 2. The van der Waals surface area contributed by atoms with E-state index in [9.17, 15) is 0 Å². The predicted octanol–water partition coefficient (Wildman–Crippen LogP) is 3.57. The van der Waals surface area contributed by atoms with Crippen molar-refractivity contribution >= 4 is 11.3 Å². The normalized spacial score (nSPS) is 16.9. The Morgan fingerprint density at radius 3 is 2.95 bits per heavy atom. The number of nitrogens with one attached hydrogen (secondary N) is 1. The fourth-order valence-corrected chi connectivity index (χ4v) is 3.70. The largest absolute Gasteiger partial charge is 0.350 e. The minimum absolute atomic E-state index is 0.705. The summed E-state index contributed by atoms with van der Waals surface area (Å²) in [4.78, 5) is 5.80. The van der Waals surface area contributed by atoms with E-state index in [2.05, 4.69) is 40.2 Å². The van der Waals surface area contributed by atoms with Gasteiger partial charge in [-0.15, -0.1) is 11.3 Å². The van der Waals surface area contributed by atoms with Gasteiger partial charge in [0.15, 0.2) is 0 Å². The van der Waals surface area contributed by atoms with Gasteiger partial charge in [0.05, 0.1) is 10.6 Å². The fourth-order valence-electron chi connectivity index (χ4n) is 2.77. The van der Waals surface area contributed by atoms with Crippen molar-refractivity contribution in [2.24, 2.45) is 7.05 Å². The second-order valence-electron chi connectivity index (χ2n) is 5.34. The molecule has 1 N–H and O–H groups in total. The van der Waals surface area contributed by atoms with E-state index in [-0.39, 0.29) is 0 Å². The highest BCUT2D eigenvalue weighted by Gasteiger charge is 2.13. The number of hydrogen-bond acceptors (Lipinski definition) is 3. The minimum Gasteiger partial charge on any atom is -0.350 e. The molecule has 1 saturated carbocycles. The topological polar surface area (TPSA) is 29.9 Å². The lowest BCUT2D eigenvalue weighted by Crippen LogP contribution is -2.30. The molecule has 2 heterocycles. The van der Waals surface area contributed by atoms with Crippen molar-refractivity contribution in [2.45, 2.75) is 44.7 Å². The molecule has 0 aromatic carbocycles. The lowest BCUT2D eigenvalue weighted by Gasteiger charge is -2.22. The highest BCUT2D eigenvalue weighted by molar-refractivity contribution is 7.15. The van der Waals surface area contributed by atoms with Crippen LogP contribution < -0.4 is 5.32 Å². The van der Waals surface area contributed by atoms with Crippen LogP contribution in [0.1, 0.15) is 37.1 Å². The number of hydrogen-bond donors (Lipinski definition) is 1. The summed E-state index contributed by atoms with van der Waals surface area (Å²) in [6.45, 7) is 0.916. The van der Waals surface area contributed by atoms with Crippen LogP contribution in [0.4, 0.5) is 0 Å². The van der Waals surface area contributed by atoms with Gasteiger partial charge in [-0.3, -0.25) is 0 Å². The molecular weight excluding hydrogens is 254 g/mol. The SMILES string of the molecule is Cn1cccc1-c1cnc(CNC2CCCCC2)s1. The van der Waals surface area contributed by atoms with Crippen LogP contribution in [0.5, 0.6) is 0 Å². The fraction of sp³-hybridized carbons (Fsp3) is 0.533. The molecule has 0 spiro atoms. The summed E-state index contributed by atoms with van der Waals surface area (Å²) >= 11 is 1.80. The van der Waals surface area contributed by atoms with Crippen LogP contribution in [0.3, 0.4) is 0 Å². The van der Waals surface area contributed by atoms with Gasteiger partial charge in [-0.25, -0.2) is 4.98 Å². The molecule has 0 atom stereocenters. The molecule has 1 aliphatic rings. The van der Waals surface area contributed by atoms with E-state index in [4.69, 9.17) is 0 Å². The first-order chi connectivity index (χ1) is 9.33. The van der Waals surface area contributed by atoms with Crippen molar-refractivity contribution in [3.05, 3.63) is 29.5 Å². The summed E-state index contributed by atoms with van der Waals surface area (Å²) in [5.41, 5.74) is 1.25. The third-order valence-corrected chi connectivity index (χ3v) is 4.92. The number of aryl methyl sites for hydroxylation is 1. The van der Waals surface area contributed by atoms with Crippen LogP contribution in [0.15, 0.2) is 24.5 Å². The van der Waals surface area contributed by atoms with Gasteiger partial charge in [-0.2, -0.15) is 0 Å². The summed E-state index contributed by atoms with van der Waals surface area (Å²) in [7, 11) is 2.08. The summed E-state index contributed by atoms with van der Waals surface area (Å²) in [5.74, 6) is 0. The number of nitrogens with zero attached hydrogens (tertiary/aromatic N) is 2. The first-order valence-corrected chi connectivity index (χ1v) is 7.94. The first kappa shape index (κ1) is 12.9. The van der Waals surface area contributed by atoms with Gasteiger partial charge in [0.25, 0.3) is 0 Å². The highest BCUT2D eigenvalue weighted by atomic mass is 32.1. The Kier molecular flexibility index (Phi) is 3.99. The zero-order valence-corrected chi connectivity index (χ0v) is 12.2. The molecule has 3 nitrogen and oxygen atoms in total. The molecule has 1 aliphatic carbocycles. The van der Waals surface area contributed by atoms with Gasteiger partial charge >= 0.3 is 0 Å². The van der Waals surface area contributed by atoms with Crippen molar-refractivity contribution in [1.29, 1.82) is 0 Å². The van der Waals surface area contributed by atoms with Crippen molar-refractivity contribution in [3.8, 4) is 10.6 Å². The molecule has 1 fully saturated rings. The van der Waals surface area contributed by atoms with E-state index in [0.717, 1.165) is 6.54 Å². The minimum atomic E-state index is 0.705. The molecule has 0 amide bonds. The average Bonchev–Trinajstić information content (AvgIpc) is 3.06. The third kappa shape index (κ3) is 3.07. The molecule has 4 heteroatoms. The molecule has 2 aromatic rings. The molecule has 19 heavy (non-hydrogen) atoms. The van der Waals surface area contributed by atoms with Gasteiger partial charge in [-0.1, -0.05) is 19.3 Å². The molecule has 102 valence electrons. The highest BCUT2D eigenvalue weighted by Crippen LogP contribution is 2.26. The third-order valence-electron chi connectivity index (χ3n) is 3.90. The second kappa shape index (κ2) is 5.88. The Morgan fingerprint density at radius 2 is 2.21 bits per heavy atom. The van der Waals surface area contributed by atoms with E-state index in [1.54, 1.807) is 11.3 Å². The van der Waals surface area contributed by atoms with E-state index < -0.39 is 0 Å². The number of thiazole rings is 1. The van der Waals surface area contributed by atoms with Gasteiger partial charge < -0.3 is 9.88 Å². The molecule has 0 aliphatic heterocycles. The maximum atomic E-state index is 4.54. The van der Waals surface area contributed by atoms with E-state index in [1.807, 2.05) is 6.20 Å². The zero-order valence-electron chi connectivity index (χ0n) is 11.4. The Balaban J connectivity index is 1.60. The predicted molar refractivity (Wildman–Crippen MR) is 80.2 cm³/mol. The van der Waals surface area contributed by atoms with Crippen LogP contribution in [-0.2, 0) is 13.6 Å². The molecule has 3 rings (SSSR count). The van der Waals surface area contributed by atoms with E-state index in [1.165, 1.54) is 47.7 Å². The van der Waals surface area contributed by atoms with Crippen LogP contribution in [0.2, 0.25) is 0 Å². The van der Waals surface area contributed by atoms with Crippen LogP contribution in [0.25, 0.3) is 10.6 Å². The van der Waals surface area contributed by atoms with Crippen molar-refractivity contribution < 1.29 is 0 Å². The van der Waals surface area contributed by atoms with Gasteiger partial charge in [0.1, 0.15) is 5.01 Å². The number of rotatable bonds is 4. The van der Waals surface area contributed by atoms with Crippen molar-refractivity contribution in [2.75, 3.05) is 0 Å². The average molecular weight is 275 g/mol. The Labute approximate surface area is 118 Å². The summed E-state index contributed by atoms with van der Waals surface area (Å²) in [5, 5.41) is 4.85. The Bertz CT molecular complexity index is 523. The molecule has 0 unspecified atom stereocenters. The smallest absolute Gasteiger partial charge is 0.107 e. The van der Waals surface area contributed by atoms with E-state index >= 15 is 0 Å². The molecule has 0 bridgehead atoms. The molecule has 0 radical (unpaired) electrons. The molecule has 0 saturated heterocycles. The van der Waals surface area contributed by atoms with Gasteiger partial charge in [0, 0.05) is 32.0 Å². The van der Waals surface area contributed by atoms with E-state index in [0.29, 0.717) is 6.04 Å². The van der Waals surface area contributed by atoms with Crippen LogP contribution in [-0.4, -0.2) is 15.6 Å². The molecule has 2 aromatic heterocycles. The quantitative estimate of drug-likeness (QED) is 0.924. The zero-order chi connectivity index (χ0) is 13.1. The second-order valence-corrected chi connectivity index (χ2v) is 6.45. The first-order valence-electron chi connectivity index (χ1n) is 7.13. The lowest BCUT2D eigenvalue weighted by atomic mass is 9.96. The van der Waals surface area contributed by atoms with Gasteiger partial charge in [-0.05, 0) is 25.0 Å². The van der Waals surface area contributed by atoms with Gasteiger partial charge in [0.2, 0.25) is 0 Å². The Morgan fingerprint density at radius 1 is 1.37 bits per heavy atom. The van der Waals surface area contributed by atoms with Crippen LogP contribution in [0, 0.1) is 0 Å². The summed E-state index contributed by atoms with van der Waals surface area (Å²) in [6, 6.07) is 4.93.